The highest BCUT2D eigenvalue weighted by atomic mass is 32.1. The molecule has 9 heteroatoms. The second-order valence-corrected chi connectivity index (χ2v) is 12.2. The van der Waals surface area contributed by atoms with E-state index in [2.05, 4.69) is 51.5 Å². The Bertz CT molecular complexity index is 1750. The van der Waals surface area contributed by atoms with E-state index in [0.717, 1.165) is 48.1 Å². The van der Waals surface area contributed by atoms with Crippen molar-refractivity contribution in [2.24, 2.45) is 5.92 Å². The zero-order valence-electron chi connectivity index (χ0n) is 23.4. The van der Waals surface area contributed by atoms with Gasteiger partial charge in [-0.15, -0.1) is 0 Å². The molecule has 1 N–H and O–H groups in total. The minimum atomic E-state index is -0.0744. The van der Waals surface area contributed by atoms with Crippen LogP contribution in [0.3, 0.4) is 0 Å². The summed E-state index contributed by atoms with van der Waals surface area (Å²) in [5, 5.41) is 8.20. The molecule has 0 bridgehead atoms. The molecule has 1 aliphatic carbocycles. The van der Waals surface area contributed by atoms with Crippen LogP contribution in [-0.2, 0) is 6.54 Å². The van der Waals surface area contributed by atoms with E-state index in [9.17, 15) is 4.79 Å². The van der Waals surface area contributed by atoms with Crippen LogP contribution in [0.1, 0.15) is 42.7 Å². The van der Waals surface area contributed by atoms with Gasteiger partial charge < -0.3 is 10.2 Å². The van der Waals surface area contributed by atoms with Crippen molar-refractivity contribution < 1.29 is 0 Å². The van der Waals surface area contributed by atoms with Crippen molar-refractivity contribution in [3.63, 3.8) is 0 Å². The molecule has 1 aliphatic heterocycles. The maximum absolute atomic E-state index is 14.0. The lowest BCUT2D eigenvalue weighted by atomic mass is 9.89. The van der Waals surface area contributed by atoms with Gasteiger partial charge >= 0.3 is 0 Å². The van der Waals surface area contributed by atoms with Gasteiger partial charge in [0.15, 0.2) is 5.82 Å². The lowest BCUT2D eigenvalue weighted by Gasteiger charge is -2.29. The quantitative estimate of drug-likeness (QED) is 0.250. The van der Waals surface area contributed by atoms with Crippen molar-refractivity contribution >= 4 is 34.0 Å². The fourth-order valence-electron chi connectivity index (χ4n) is 5.67. The lowest BCUT2D eigenvalue weighted by Crippen LogP contribution is -2.29. The molecule has 5 heterocycles. The van der Waals surface area contributed by atoms with Crippen LogP contribution in [0.15, 0.2) is 64.3 Å². The highest BCUT2D eigenvalue weighted by molar-refractivity contribution is 7.08. The molecule has 0 radical (unpaired) electrons. The number of nitrogens with zero attached hydrogens (tertiary/aromatic N) is 6. The van der Waals surface area contributed by atoms with E-state index in [1.807, 2.05) is 34.4 Å². The smallest absolute Gasteiger partial charge is 0.261 e. The third-order valence-electron chi connectivity index (χ3n) is 8.33. The van der Waals surface area contributed by atoms with Gasteiger partial charge in [-0.2, -0.15) is 16.3 Å². The van der Waals surface area contributed by atoms with E-state index < -0.39 is 0 Å². The number of anilines is 2. The molecule has 208 valence electrons. The van der Waals surface area contributed by atoms with Crippen LogP contribution in [-0.4, -0.2) is 49.5 Å². The van der Waals surface area contributed by atoms with E-state index in [4.69, 9.17) is 9.97 Å². The molecule has 4 aromatic heterocycles. The Morgan fingerprint density at radius 2 is 1.80 bits per heavy atom. The fraction of sp³-hybridized carbons (Fsp3) is 0.344. The summed E-state index contributed by atoms with van der Waals surface area (Å²) in [7, 11) is 2.19. The number of rotatable bonds is 7. The second-order valence-electron chi connectivity index (χ2n) is 11.5. The van der Waals surface area contributed by atoms with Gasteiger partial charge in [-0.05, 0) is 105 Å². The van der Waals surface area contributed by atoms with E-state index in [1.165, 1.54) is 18.4 Å². The monoisotopic (exact) mass is 563 g/mol. The minimum absolute atomic E-state index is 0.0744. The Morgan fingerprint density at radius 1 is 1.00 bits per heavy atom. The van der Waals surface area contributed by atoms with Gasteiger partial charge in [-0.25, -0.2) is 15.0 Å². The molecule has 8 nitrogen and oxygen atoms in total. The van der Waals surface area contributed by atoms with Gasteiger partial charge in [0.1, 0.15) is 5.65 Å². The fourth-order valence-corrected chi connectivity index (χ4v) is 6.31. The van der Waals surface area contributed by atoms with Crippen LogP contribution >= 0.6 is 11.3 Å². The van der Waals surface area contributed by atoms with Crippen LogP contribution < -0.4 is 10.9 Å². The first-order valence-electron chi connectivity index (χ1n) is 14.3. The van der Waals surface area contributed by atoms with Crippen LogP contribution in [0.25, 0.3) is 33.7 Å². The molecule has 1 saturated carbocycles. The molecule has 5 aromatic rings. The van der Waals surface area contributed by atoms with Gasteiger partial charge in [-0.1, -0.05) is 12.1 Å². The molecule has 1 saturated heterocycles. The van der Waals surface area contributed by atoms with Crippen molar-refractivity contribution in [2.45, 2.75) is 45.1 Å². The summed E-state index contributed by atoms with van der Waals surface area (Å²) in [6.45, 7) is 4.88. The number of hydrogen-bond donors (Lipinski definition) is 1. The van der Waals surface area contributed by atoms with Gasteiger partial charge in [-0.3, -0.25) is 9.36 Å². The summed E-state index contributed by atoms with van der Waals surface area (Å²) in [6, 6.07) is 12.5. The van der Waals surface area contributed by atoms with Crippen molar-refractivity contribution in [3.8, 4) is 22.6 Å². The summed E-state index contributed by atoms with van der Waals surface area (Å²) in [5.74, 6) is 2.22. The number of nitrogens with one attached hydrogen (secondary N) is 1. The summed E-state index contributed by atoms with van der Waals surface area (Å²) >= 11 is 1.60. The number of hydrogen-bond acceptors (Lipinski definition) is 8. The summed E-state index contributed by atoms with van der Waals surface area (Å²) in [4.78, 5) is 35.2. The third-order valence-corrected chi connectivity index (χ3v) is 9.01. The molecule has 2 aliphatic rings. The first-order chi connectivity index (χ1) is 20.0. The van der Waals surface area contributed by atoms with Crippen LogP contribution in [0, 0.1) is 12.8 Å². The Morgan fingerprint density at radius 3 is 2.54 bits per heavy atom. The van der Waals surface area contributed by atoms with Gasteiger partial charge in [0.05, 0.1) is 11.3 Å². The van der Waals surface area contributed by atoms with Crippen molar-refractivity contribution in [1.29, 1.82) is 0 Å². The highest BCUT2D eigenvalue weighted by Crippen LogP contribution is 2.33. The second kappa shape index (κ2) is 10.8. The molecule has 0 spiro atoms. The number of aryl methyl sites for hydroxylation is 1. The Labute approximate surface area is 243 Å². The Hall–Kier alpha value is -3.95. The predicted molar refractivity (Wildman–Crippen MR) is 165 cm³/mol. The first kappa shape index (κ1) is 26.0. The van der Waals surface area contributed by atoms with Gasteiger partial charge in [0.25, 0.3) is 5.56 Å². The number of thiophene rings is 1. The molecular weight excluding hydrogens is 530 g/mol. The average Bonchev–Trinajstić information content (AvgIpc) is 3.64. The molecule has 0 unspecified atom stereocenters. The predicted octanol–water partition coefficient (Wildman–Crippen LogP) is 6.25. The number of aromatic nitrogens is 5. The third kappa shape index (κ3) is 5.39. The molecule has 7 rings (SSSR count). The van der Waals surface area contributed by atoms with E-state index >= 15 is 0 Å². The topological polar surface area (TPSA) is 88.8 Å². The zero-order chi connectivity index (χ0) is 27.9. The molecule has 0 atom stereocenters. The number of likely N-dealkylation sites (tertiary alicyclic amines) is 1. The SMILES string of the molecule is Cc1cnc(-c2ccsc2)nc1-c1cc2cnc(Nc3ccc(C4CCN(C)CC4)cc3)nc2n(CC2CC2)c1=O. The molecule has 0 amide bonds. The summed E-state index contributed by atoms with van der Waals surface area (Å²) in [5.41, 5.74) is 5.93. The molecule has 2 fully saturated rings. The first-order valence-corrected chi connectivity index (χ1v) is 15.3. The minimum Gasteiger partial charge on any atom is -0.324 e. The van der Waals surface area contributed by atoms with Gasteiger partial charge in [0.2, 0.25) is 5.95 Å². The average molecular weight is 564 g/mol. The Balaban J connectivity index is 1.22. The van der Waals surface area contributed by atoms with Crippen LogP contribution in [0.5, 0.6) is 0 Å². The molecular formula is C32H33N7OS. The Kier molecular flexibility index (Phi) is 6.84. The number of piperidine rings is 1. The number of fused-ring (bicyclic) bond motifs is 1. The zero-order valence-corrected chi connectivity index (χ0v) is 24.2. The van der Waals surface area contributed by atoms with Crippen molar-refractivity contribution in [3.05, 3.63) is 81.0 Å². The molecule has 41 heavy (non-hydrogen) atoms. The van der Waals surface area contributed by atoms with Crippen LogP contribution in [0.4, 0.5) is 11.6 Å². The maximum Gasteiger partial charge on any atom is 0.261 e. The summed E-state index contributed by atoms with van der Waals surface area (Å²) in [6.07, 6.45) is 8.26. The van der Waals surface area contributed by atoms with Crippen molar-refractivity contribution in [2.75, 3.05) is 25.5 Å². The number of benzene rings is 1. The normalized spacial score (nSPS) is 16.3. The highest BCUT2D eigenvalue weighted by Gasteiger charge is 2.25. The summed E-state index contributed by atoms with van der Waals surface area (Å²) < 4.78 is 1.82. The van der Waals surface area contributed by atoms with Gasteiger partial charge in [0, 0.05) is 41.0 Å². The van der Waals surface area contributed by atoms with E-state index in [1.54, 1.807) is 23.7 Å². The van der Waals surface area contributed by atoms with Crippen LogP contribution in [0.2, 0.25) is 0 Å². The maximum atomic E-state index is 14.0. The standard InChI is InChI=1S/C32H33N7OS/c1-20-16-33-29(24-11-14-41-19-24)36-28(20)27-15-25-17-34-32(37-30(25)39(31(27)40)18-21-3-4-21)35-26-7-5-22(6-8-26)23-9-12-38(2)13-10-23/h5-8,11,14-17,19,21,23H,3-4,9-10,12-13,18H2,1-2H3,(H,34,35,37). The lowest BCUT2D eigenvalue weighted by molar-refractivity contribution is 0.255. The van der Waals surface area contributed by atoms with Crippen molar-refractivity contribution in [1.82, 2.24) is 29.4 Å². The largest absolute Gasteiger partial charge is 0.324 e. The van der Waals surface area contributed by atoms with E-state index in [-0.39, 0.29) is 5.56 Å². The number of pyridine rings is 1. The van der Waals surface area contributed by atoms with E-state index in [0.29, 0.717) is 47.1 Å². The molecule has 1 aromatic carbocycles.